The van der Waals surface area contributed by atoms with Crippen LogP contribution in [-0.4, -0.2) is 21.3 Å². The van der Waals surface area contributed by atoms with Crippen LogP contribution in [0.25, 0.3) is 0 Å². The van der Waals surface area contributed by atoms with Crippen molar-refractivity contribution < 1.29 is 14.6 Å². The van der Waals surface area contributed by atoms with Crippen LogP contribution in [-0.2, 0) is 0 Å². The van der Waals surface area contributed by atoms with E-state index in [9.17, 15) is 4.79 Å². The third-order valence-corrected chi connectivity index (χ3v) is 3.12. The molecular formula is C11H5Cl3N2O3. The van der Waals surface area contributed by atoms with Gasteiger partial charge in [-0.3, -0.25) is 0 Å². The zero-order valence-electron chi connectivity index (χ0n) is 9.10. The molecule has 0 bridgehead atoms. The van der Waals surface area contributed by atoms with Gasteiger partial charge in [0.05, 0.1) is 21.3 Å². The molecule has 2 rings (SSSR count). The first-order valence-corrected chi connectivity index (χ1v) is 6.00. The molecule has 5 nitrogen and oxygen atoms in total. The molecule has 98 valence electrons. The lowest BCUT2D eigenvalue weighted by molar-refractivity contribution is 0.0693. The Morgan fingerprint density at radius 3 is 2.53 bits per heavy atom. The maximum absolute atomic E-state index is 11.0. The van der Waals surface area contributed by atoms with Gasteiger partial charge in [-0.05, 0) is 12.1 Å². The molecule has 1 N–H and O–H groups in total. The number of carbonyl (C=O) groups is 1. The Bertz CT molecular complexity index is 649. The number of aromatic carboxylic acids is 1. The van der Waals surface area contributed by atoms with E-state index in [0.29, 0.717) is 0 Å². The molecule has 0 unspecified atom stereocenters. The minimum absolute atomic E-state index is 0.138. The molecule has 19 heavy (non-hydrogen) atoms. The van der Waals surface area contributed by atoms with Crippen LogP contribution in [0.3, 0.4) is 0 Å². The van der Waals surface area contributed by atoms with Crippen molar-refractivity contribution in [2.24, 2.45) is 0 Å². The van der Waals surface area contributed by atoms with E-state index < -0.39 is 5.97 Å². The fourth-order valence-corrected chi connectivity index (χ4v) is 1.82. The van der Waals surface area contributed by atoms with E-state index in [2.05, 4.69) is 10.2 Å². The van der Waals surface area contributed by atoms with Gasteiger partial charge >= 0.3 is 5.97 Å². The SMILES string of the molecule is O=C(O)c1ccnnc1Oc1cc(Cl)c(Cl)cc1Cl. The Labute approximate surface area is 122 Å². The van der Waals surface area contributed by atoms with E-state index in [-0.39, 0.29) is 32.3 Å². The van der Waals surface area contributed by atoms with Gasteiger partial charge in [-0.1, -0.05) is 34.8 Å². The highest BCUT2D eigenvalue weighted by Gasteiger charge is 2.16. The third kappa shape index (κ3) is 3.07. The number of nitrogens with zero attached hydrogens (tertiary/aromatic N) is 2. The van der Waals surface area contributed by atoms with Crippen LogP contribution in [0.4, 0.5) is 0 Å². The topological polar surface area (TPSA) is 72.3 Å². The Balaban J connectivity index is 2.42. The summed E-state index contributed by atoms with van der Waals surface area (Å²) in [6, 6.07) is 4.01. The van der Waals surface area contributed by atoms with Gasteiger partial charge < -0.3 is 9.84 Å². The molecular weight excluding hydrogens is 314 g/mol. The number of rotatable bonds is 3. The van der Waals surface area contributed by atoms with E-state index in [1.165, 1.54) is 24.4 Å². The van der Waals surface area contributed by atoms with Gasteiger partial charge in [-0.2, -0.15) is 5.10 Å². The number of aromatic nitrogens is 2. The molecule has 0 aliphatic rings. The van der Waals surface area contributed by atoms with Crippen molar-refractivity contribution in [1.29, 1.82) is 0 Å². The van der Waals surface area contributed by atoms with Crippen LogP contribution in [0.15, 0.2) is 24.4 Å². The van der Waals surface area contributed by atoms with E-state index in [1.54, 1.807) is 0 Å². The van der Waals surface area contributed by atoms with Crippen LogP contribution < -0.4 is 4.74 Å². The number of benzene rings is 1. The molecule has 8 heteroatoms. The number of hydrogen-bond donors (Lipinski definition) is 1. The zero-order chi connectivity index (χ0) is 14.0. The van der Waals surface area contributed by atoms with Gasteiger partial charge in [0.2, 0.25) is 0 Å². The quantitative estimate of drug-likeness (QED) is 0.868. The monoisotopic (exact) mass is 318 g/mol. The Morgan fingerprint density at radius 1 is 1.16 bits per heavy atom. The average molecular weight is 320 g/mol. The largest absolute Gasteiger partial charge is 0.477 e. The van der Waals surface area contributed by atoms with Gasteiger partial charge in [-0.25, -0.2) is 4.79 Å². The highest BCUT2D eigenvalue weighted by Crippen LogP contribution is 2.36. The van der Waals surface area contributed by atoms with Gasteiger partial charge in [0.25, 0.3) is 5.88 Å². The normalized spacial score (nSPS) is 10.3. The minimum atomic E-state index is -1.19. The second kappa shape index (κ2) is 5.61. The molecule has 0 atom stereocenters. The van der Waals surface area contributed by atoms with Gasteiger partial charge in [0, 0.05) is 6.07 Å². The van der Waals surface area contributed by atoms with Crippen molar-refractivity contribution in [2.45, 2.75) is 0 Å². The lowest BCUT2D eigenvalue weighted by Gasteiger charge is -2.09. The lowest BCUT2D eigenvalue weighted by Crippen LogP contribution is -2.03. The Kier molecular flexibility index (Phi) is 4.09. The van der Waals surface area contributed by atoms with Crippen molar-refractivity contribution in [3.63, 3.8) is 0 Å². The maximum Gasteiger partial charge on any atom is 0.341 e. The fraction of sp³-hybridized carbons (Fsp3) is 0. The summed E-state index contributed by atoms with van der Waals surface area (Å²) in [5, 5.41) is 16.8. The van der Waals surface area contributed by atoms with E-state index in [1.807, 2.05) is 0 Å². The van der Waals surface area contributed by atoms with Crippen molar-refractivity contribution in [1.82, 2.24) is 10.2 Å². The highest BCUT2D eigenvalue weighted by atomic mass is 35.5. The molecule has 0 saturated heterocycles. The standard InChI is InChI=1S/C11H5Cl3N2O3/c12-6-3-8(14)9(4-7(6)13)19-10-5(11(17)18)1-2-15-16-10/h1-4H,(H,17,18). The molecule has 0 aliphatic heterocycles. The second-order valence-corrected chi connectivity index (χ2v) is 4.58. The first-order chi connectivity index (χ1) is 8.99. The maximum atomic E-state index is 11.0. The third-order valence-electron chi connectivity index (χ3n) is 2.10. The Morgan fingerprint density at radius 2 is 1.84 bits per heavy atom. The smallest absolute Gasteiger partial charge is 0.341 e. The lowest BCUT2D eigenvalue weighted by atomic mass is 10.3. The summed E-state index contributed by atoms with van der Waals surface area (Å²) >= 11 is 17.5. The summed E-state index contributed by atoms with van der Waals surface area (Å²) in [6.07, 6.45) is 1.24. The van der Waals surface area contributed by atoms with E-state index >= 15 is 0 Å². The number of carboxylic acid groups (broad SMARTS) is 1. The van der Waals surface area contributed by atoms with Gasteiger partial charge in [0.1, 0.15) is 11.3 Å². The fourth-order valence-electron chi connectivity index (χ4n) is 1.24. The zero-order valence-corrected chi connectivity index (χ0v) is 11.4. The molecule has 0 aliphatic carbocycles. The molecule has 2 aromatic rings. The van der Waals surface area contributed by atoms with Gasteiger partial charge in [0.15, 0.2) is 0 Å². The predicted octanol–water partition coefficient (Wildman–Crippen LogP) is 3.93. The van der Waals surface area contributed by atoms with E-state index in [4.69, 9.17) is 44.6 Å². The van der Waals surface area contributed by atoms with Crippen LogP contribution in [0.1, 0.15) is 10.4 Å². The Hall–Kier alpha value is -1.56. The number of halogens is 3. The summed E-state index contributed by atoms with van der Waals surface area (Å²) in [5.74, 6) is -1.24. The van der Waals surface area contributed by atoms with Gasteiger partial charge in [-0.15, -0.1) is 5.10 Å². The molecule has 0 radical (unpaired) electrons. The first-order valence-electron chi connectivity index (χ1n) is 4.86. The predicted molar refractivity (Wildman–Crippen MR) is 70.5 cm³/mol. The van der Waals surface area contributed by atoms with E-state index in [0.717, 1.165) is 0 Å². The van der Waals surface area contributed by atoms with Crippen molar-refractivity contribution in [3.8, 4) is 11.6 Å². The molecule has 1 heterocycles. The first kappa shape index (κ1) is 13.9. The molecule has 1 aromatic carbocycles. The molecule has 1 aromatic heterocycles. The summed E-state index contributed by atoms with van der Waals surface area (Å²) < 4.78 is 5.31. The second-order valence-electron chi connectivity index (χ2n) is 3.35. The molecule has 0 saturated carbocycles. The summed E-state index contributed by atoms with van der Waals surface area (Å²) in [6.45, 7) is 0. The highest BCUT2D eigenvalue weighted by molar-refractivity contribution is 6.43. The van der Waals surface area contributed by atoms with Crippen molar-refractivity contribution in [2.75, 3.05) is 0 Å². The van der Waals surface area contributed by atoms with Crippen LogP contribution in [0, 0.1) is 0 Å². The minimum Gasteiger partial charge on any atom is -0.477 e. The number of carboxylic acids is 1. The summed E-state index contributed by atoms with van der Waals surface area (Å²) in [4.78, 5) is 11.0. The molecule has 0 fully saturated rings. The van der Waals surface area contributed by atoms with Crippen LogP contribution in [0.5, 0.6) is 11.6 Å². The van der Waals surface area contributed by atoms with Crippen molar-refractivity contribution >= 4 is 40.8 Å². The van der Waals surface area contributed by atoms with Crippen LogP contribution in [0.2, 0.25) is 15.1 Å². The number of ether oxygens (including phenoxy) is 1. The van der Waals surface area contributed by atoms with Crippen molar-refractivity contribution in [3.05, 3.63) is 45.0 Å². The summed E-state index contributed by atoms with van der Waals surface area (Å²) in [5.41, 5.74) is -0.142. The molecule has 0 amide bonds. The summed E-state index contributed by atoms with van der Waals surface area (Å²) in [7, 11) is 0. The molecule has 0 spiro atoms. The number of hydrogen-bond acceptors (Lipinski definition) is 4. The van der Waals surface area contributed by atoms with Crippen LogP contribution >= 0.6 is 34.8 Å². The average Bonchev–Trinajstić information content (AvgIpc) is 2.36.